The van der Waals surface area contributed by atoms with E-state index in [0.717, 1.165) is 19.4 Å². The zero-order valence-electron chi connectivity index (χ0n) is 11.6. The van der Waals surface area contributed by atoms with Crippen molar-refractivity contribution < 1.29 is 18.7 Å². The molecule has 2 heterocycles. The van der Waals surface area contributed by atoms with E-state index in [2.05, 4.69) is 16.2 Å². The van der Waals surface area contributed by atoms with E-state index >= 15 is 0 Å². The molecule has 1 aliphatic rings. The predicted octanol–water partition coefficient (Wildman–Crippen LogP) is 1.02. The molecule has 7 heteroatoms. The number of furan rings is 1. The lowest BCUT2D eigenvalue weighted by atomic mass is 10.2. The minimum absolute atomic E-state index is 0.0650. The smallest absolute Gasteiger partial charge is 0.333 e. The number of hydrogen-bond acceptors (Lipinski definition) is 4. The molecule has 1 fully saturated rings. The maximum atomic E-state index is 11.8. The second kappa shape index (κ2) is 6.42. The first-order valence-corrected chi connectivity index (χ1v) is 6.59. The van der Waals surface area contributed by atoms with Gasteiger partial charge in [-0.1, -0.05) is 0 Å². The van der Waals surface area contributed by atoms with Gasteiger partial charge in [0.25, 0.3) is 5.91 Å². The van der Waals surface area contributed by atoms with Crippen molar-refractivity contribution in [3.63, 3.8) is 0 Å². The predicted molar refractivity (Wildman–Crippen MR) is 71.2 cm³/mol. The first kappa shape index (κ1) is 14.4. The second-order valence-corrected chi connectivity index (χ2v) is 4.75. The van der Waals surface area contributed by atoms with Gasteiger partial charge in [-0.2, -0.15) is 0 Å². The topological polar surface area (TPSA) is 92.6 Å². The van der Waals surface area contributed by atoms with E-state index in [9.17, 15) is 9.59 Å². The summed E-state index contributed by atoms with van der Waals surface area (Å²) in [6, 6.07) is 1.16. The molecule has 3 N–H and O–H groups in total. The van der Waals surface area contributed by atoms with Crippen LogP contribution in [0.4, 0.5) is 4.79 Å². The Bertz CT molecular complexity index is 492. The molecular formula is C13H19N3O4. The van der Waals surface area contributed by atoms with Gasteiger partial charge < -0.3 is 14.5 Å². The van der Waals surface area contributed by atoms with Crippen molar-refractivity contribution in [3.05, 3.63) is 23.2 Å². The molecule has 20 heavy (non-hydrogen) atoms. The molecule has 0 aliphatic carbocycles. The fourth-order valence-corrected chi connectivity index (χ4v) is 2.09. The first-order chi connectivity index (χ1) is 9.56. The van der Waals surface area contributed by atoms with E-state index in [1.807, 2.05) is 0 Å². The molecule has 1 aliphatic heterocycles. The number of ether oxygens (including phenoxy) is 1. The van der Waals surface area contributed by atoms with Crippen LogP contribution in [0.1, 0.15) is 34.7 Å². The quantitative estimate of drug-likeness (QED) is 0.721. The molecule has 2 rings (SSSR count). The molecule has 0 bridgehead atoms. The van der Waals surface area contributed by atoms with Crippen LogP contribution < -0.4 is 16.2 Å². The molecular weight excluding hydrogens is 262 g/mol. The number of amides is 3. The lowest BCUT2D eigenvalue weighted by Gasteiger charge is -2.12. The van der Waals surface area contributed by atoms with Gasteiger partial charge >= 0.3 is 6.03 Å². The van der Waals surface area contributed by atoms with Gasteiger partial charge in [0, 0.05) is 13.2 Å². The van der Waals surface area contributed by atoms with Crippen LogP contribution >= 0.6 is 0 Å². The highest BCUT2D eigenvalue weighted by molar-refractivity contribution is 5.96. The van der Waals surface area contributed by atoms with Crippen LogP contribution in [0.3, 0.4) is 0 Å². The number of carbonyl (C=O) groups is 2. The van der Waals surface area contributed by atoms with Crippen LogP contribution in [0, 0.1) is 13.8 Å². The van der Waals surface area contributed by atoms with Crippen molar-refractivity contribution in [1.82, 2.24) is 16.2 Å². The molecule has 0 radical (unpaired) electrons. The number of nitrogens with one attached hydrogen (secondary N) is 3. The molecule has 0 spiro atoms. The number of carbonyl (C=O) groups excluding carboxylic acids is 2. The van der Waals surface area contributed by atoms with Gasteiger partial charge in [-0.25, -0.2) is 10.2 Å². The molecule has 1 unspecified atom stereocenters. The Morgan fingerprint density at radius 2 is 2.15 bits per heavy atom. The monoisotopic (exact) mass is 281 g/mol. The molecule has 110 valence electrons. The third-order valence-corrected chi connectivity index (χ3v) is 3.09. The van der Waals surface area contributed by atoms with Gasteiger partial charge in [-0.15, -0.1) is 0 Å². The van der Waals surface area contributed by atoms with E-state index in [4.69, 9.17) is 9.15 Å². The second-order valence-electron chi connectivity index (χ2n) is 4.75. The highest BCUT2D eigenvalue weighted by atomic mass is 16.5. The molecule has 0 aromatic carbocycles. The standard InChI is InChI=1S/C13H19N3O4/c1-8-6-11(9(2)20-8)12(17)15-16-13(18)14-7-10-4-3-5-19-10/h6,10H,3-5,7H2,1-2H3,(H,15,17)(H2,14,16,18). The molecule has 1 saturated heterocycles. The summed E-state index contributed by atoms with van der Waals surface area (Å²) in [6.45, 7) is 4.63. The zero-order chi connectivity index (χ0) is 14.5. The van der Waals surface area contributed by atoms with Crippen LogP contribution in [0.25, 0.3) is 0 Å². The van der Waals surface area contributed by atoms with Gasteiger partial charge in [0.2, 0.25) is 0 Å². The van der Waals surface area contributed by atoms with Crippen molar-refractivity contribution in [3.8, 4) is 0 Å². The van der Waals surface area contributed by atoms with E-state index in [1.165, 1.54) is 0 Å². The van der Waals surface area contributed by atoms with E-state index in [1.54, 1.807) is 19.9 Å². The Kier molecular flexibility index (Phi) is 4.62. The third kappa shape index (κ3) is 3.74. The van der Waals surface area contributed by atoms with Crippen molar-refractivity contribution in [2.75, 3.05) is 13.2 Å². The summed E-state index contributed by atoms with van der Waals surface area (Å²) in [6.07, 6.45) is 2.03. The average Bonchev–Trinajstić information content (AvgIpc) is 3.03. The SMILES string of the molecule is Cc1cc(C(=O)NNC(=O)NCC2CCCO2)c(C)o1. The third-order valence-electron chi connectivity index (χ3n) is 3.09. The Morgan fingerprint density at radius 3 is 2.75 bits per heavy atom. The summed E-state index contributed by atoms with van der Waals surface area (Å²) in [5, 5.41) is 2.64. The number of hydrazine groups is 1. The Labute approximate surface area is 117 Å². The number of hydrogen-bond donors (Lipinski definition) is 3. The summed E-state index contributed by atoms with van der Waals surface area (Å²) in [4.78, 5) is 23.3. The Hall–Kier alpha value is -2.02. The van der Waals surface area contributed by atoms with Gasteiger partial charge in [-0.05, 0) is 32.8 Å². The minimum Gasteiger partial charge on any atom is -0.466 e. The minimum atomic E-state index is -0.466. The van der Waals surface area contributed by atoms with Crippen molar-refractivity contribution in [2.45, 2.75) is 32.8 Å². The Morgan fingerprint density at radius 1 is 1.35 bits per heavy atom. The first-order valence-electron chi connectivity index (χ1n) is 6.59. The van der Waals surface area contributed by atoms with Crippen LogP contribution in [0.15, 0.2) is 10.5 Å². The molecule has 3 amide bonds. The maximum Gasteiger partial charge on any atom is 0.333 e. The van der Waals surface area contributed by atoms with Crippen LogP contribution in [0.5, 0.6) is 0 Å². The van der Waals surface area contributed by atoms with Gasteiger partial charge in [0.1, 0.15) is 11.5 Å². The molecule has 1 atom stereocenters. The van der Waals surface area contributed by atoms with Gasteiger partial charge in [0.15, 0.2) is 0 Å². The summed E-state index contributed by atoms with van der Waals surface area (Å²) < 4.78 is 10.6. The fourth-order valence-electron chi connectivity index (χ4n) is 2.09. The summed E-state index contributed by atoms with van der Waals surface area (Å²) in [7, 11) is 0. The zero-order valence-corrected chi connectivity index (χ0v) is 11.6. The summed E-state index contributed by atoms with van der Waals surface area (Å²) >= 11 is 0. The molecule has 0 saturated carbocycles. The highest BCUT2D eigenvalue weighted by Crippen LogP contribution is 2.13. The van der Waals surface area contributed by atoms with Crippen molar-refractivity contribution in [2.24, 2.45) is 0 Å². The van der Waals surface area contributed by atoms with Gasteiger partial charge in [0.05, 0.1) is 11.7 Å². The van der Waals surface area contributed by atoms with Crippen LogP contribution in [-0.4, -0.2) is 31.2 Å². The Balaban J connectivity index is 1.72. The highest BCUT2D eigenvalue weighted by Gasteiger charge is 2.17. The number of urea groups is 1. The van der Waals surface area contributed by atoms with Crippen LogP contribution in [0.2, 0.25) is 0 Å². The normalized spacial score (nSPS) is 17.8. The van der Waals surface area contributed by atoms with Gasteiger partial charge in [-0.3, -0.25) is 10.2 Å². The summed E-state index contributed by atoms with van der Waals surface area (Å²) in [5.41, 5.74) is 5.03. The summed E-state index contributed by atoms with van der Waals surface area (Å²) in [5.74, 6) is 0.753. The number of rotatable bonds is 3. The van der Waals surface area contributed by atoms with Crippen molar-refractivity contribution in [1.29, 1.82) is 0 Å². The molecule has 1 aromatic heterocycles. The number of aryl methyl sites for hydroxylation is 2. The lowest BCUT2D eigenvalue weighted by Crippen LogP contribution is -2.48. The molecule has 1 aromatic rings. The fraction of sp³-hybridized carbons (Fsp3) is 0.538. The van der Waals surface area contributed by atoms with Crippen molar-refractivity contribution >= 4 is 11.9 Å². The average molecular weight is 281 g/mol. The van der Waals surface area contributed by atoms with Crippen LogP contribution in [-0.2, 0) is 4.74 Å². The van der Waals surface area contributed by atoms with E-state index in [0.29, 0.717) is 23.6 Å². The lowest BCUT2D eigenvalue weighted by molar-refractivity contribution is 0.0932. The van der Waals surface area contributed by atoms with E-state index in [-0.39, 0.29) is 6.10 Å². The molecule has 7 nitrogen and oxygen atoms in total. The maximum absolute atomic E-state index is 11.8. The largest absolute Gasteiger partial charge is 0.466 e. The van der Waals surface area contributed by atoms with E-state index < -0.39 is 11.9 Å².